The Labute approximate surface area is 97.7 Å². The molecule has 90 valence electrons. The van der Waals surface area contributed by atoms with E-state index in [2.05, 4.69) is 0 Å². The van der Waals surface area contributed by atoms with Crippen LogP contribution in [0.1, 0.15) is 57.8 Å². The van der Waals surface area contributed by atoms with Gasteiger partial charge >= 0.3 is 5.97 Å². The van der Waals surface area contributed by atoms with Gasteiger partial charge in [0.15, 0.2) is 0 Å². The molecule has 2 heteroatoms. The van der Waals surface area contributed by atoms with E-state index >= 15 is 0 Å². The van der Waals surface area contributed by atoms with Crippen LogP contribution in [-0.2, 0) is 4.79 Å². The van der Waals surface area contributed by atoms with E-state index in [0.29, 0.717) is 11.5 Å². The molecule has 0 spiro atoms. The van der Waals surface area contributed by atoms with Crippen LogP contribution in [0.2, 0.25) is 0 Å². The van der Waals surface area contributed by atoms with Gasteiger partial charge in [-0.15, -0.1) is 0 Å². The first kappa shape index (κ1) is 11.7. The second kappa shape index (κ2) is 5.51. The van der Waals surface area contributed by atoms with E-state index in [9.17, 15) is 9.90 Å². The summed E-state index contributed by atoms with van der Waals surface area (Å²) >= 11 is 0. The number of allylic oxidation sites excluding steroid dienone is 1. The van der Waals surface area contributed by atoms with Crippen LogP contribution in [0, 0.1) is 11.8 Å². The summed E-state index contributed by atoms with van der Waals surface area (Å²) in [6, 6.07) is 0. The van der Waals surface area contributed by atoms with Gasteiger partial charge in [0.25, 0.3) is 0 Å². The van der Waals surface area contributed by atoms with Crippen LogP contribution in [-0.4, -0.2) is 11.1 Å². The molecule has 2 aliphatic rings. The van der Waals surface area contributed by atoms with Gasteiger partial charge < -0.3 is 5.11 Å². The van der Waals surface area contributed by atoms with E-state index in [1.54, 1.807) is 0 Å². The van der Waals surface area contributed by atoms with Gasteiger partial charge in [0.05, 0.1) is 0 Å². The zero-order chi connectivity index (χ0) is 11.4. The highest BCUT2D eigenvalue weighted by Crippen LogP contribution is 2.33. The molecule has 0 aliphatic heterocycles. The molecule has 2 saturated carbocycles. The molecule has 0 aromatic heterocycles. The summed E-state index contributed by atoms with van der Waals surface area (Å²) in [6.45, 7) is 0. The summed E-state index contributed by atoms with van der Waals surface area (Å²) in [5.41, 5.74) is 0.712. The minimum absolute atomic E-state index is 0.346. The van der Waals surface area contributed by atoms with E-state index in [-0.39, 0.29) is 0 Å². The molecule has 2 fully saturated rings. The van der Waals surface area contributed by atoms with Gasteiger partial charge in [-0.3, -0.25) is 0 Å². The van der Waals surface area contributed by atoms with Gasteiger partial charge in [-0.05, 0) is 31.1 Å². The van der Waals surface area contributed by atoms with Crippen LogP contribution < -0.4 is 0 Å². The van der Waals surface area contributed by atoms with E-state index in [0.717, 1.165) is 25.2 Å². The number of hydrogen-bond acceptors (Lipinski definition) is 1. The number of carbonyl (C=O) groups is 1. The van der Waals surface area contributed by atoms with Crippen LogP contribution in [0.15, 0.2) is 11.6 Å². The third-order valence-electron chi connectivity index (χ3n) is 4.19. The molecule has 0 unspecified atom stereocenters. The Morgan fingerprint density at radius 3 is 2.19 bits per heavy atom. The van der Waals surface area contributed by atoms with Gasteiger partial charge in [0.1, 0.15) is 0 Å². The van der Waals surface area contributed by atoms with Gasteiger partial charge in [-0.2, -0.15) is 0 Å². The summed E-state index contributed by atoms with van der Waals surface area (Å²) in [6.07, 6.45) is 12.9. The van der Waals surface area contributed by atoms with E-state index in [1.807, 2.05) is 6.08 Å². The lowest BCUT2D eigenvalue weighted by Crippen LogP contribution is -2.10. The smallest absolute Gasteiger partial charge is 0.331 e. The molecule has 0 radical (unpaired) electrons. The van der Waals surface area contributed by atoms with Crippen molar-refractivity contribution in [2.45, 2.75) is 57.8 Å². The van der Waals surface area contributed by atoms with Crippen LogP contribution in [0.25, 0.3) is 0 Å². The number of aliphatic carboxylic acids is 1. The fourth-order valence-corrected chi connectivity index (χ4v) is 3.21. The minimum Gasteiger partial charge on any atom is -0.478 e. The van der Waals surface area contributed by atoms with Crippen molar-refractivity contribution in [3.05, 3.63) is 11.6 Å². The molecule has 0 aromatic carbocycles. The first-order valence-electron chi connectivity index (χ1n) is 6.70. The van der Waals surface area contributed by atoms with E-state index in [1.165, 1.54) is 38.5 Å². The van der Waals surface area contributed by atoms with E-state index < -0.39 is 5.97 Å². The fraction of sp³-hybridized carbons (Fsp3) is 0.786. The minimum atomic E-state index is -0.676. The maximum absolute atomic E-state index is 11.2. The highest BCUT2D eigenvalue weighted by atomic mass is 16.4. The third-order valence-corrected chi connectivity index (χ3v) is 4.19. The first-order chi connectivity index (χ1) is 7.77. The molecule has 1 N–H and O–H groups in total. The Kier molecular flexibility index (Phi) is 4.03. The molecule has 0 aromatic rings. The predicted octanol–water partition coefficient (Wildman–Crippen LogP) is 3.77. The third kappa shape index (κ3) is 2.87. The molecular weight excluding hydrogens is 200 g/mol. The van der Waals surface area contributed by atoms with Crippen molar-refractivity contribution in [2.24, 2.45) is 11.8 Å². The second-order valence-corrected chi connectivity index (χ2v) is 5.33. The second-order valence-electron chi connectivity index (χ2n) is 5.33. The maximum atomic E-state index is 11.2. The molecule has 0 saturated heterocycles. The summed E-state index contributed by atoms with van der Waals surface area (Å²) in [4.78, 5) is 11.2. The molecule has 2 rings (SSSR count). The van der Waals surface area contributed by atoms with Gasteiger partial charge in [0, 0.05) is 5.57 Å². The van der Waals surface area contributed by atoms with Crippen molar-refractivity contribution in [3.8, 4) is 0 Å². The summed E-state index contributed by atoms with van der Waals surface area (Å²) in [5, 5.41) is 9.24. The largest absolute Gasteiger partial charge is 0.478 e. The Morgan fingerprint density at radius 2 is 1.62 bits per heavy atom. The Bertz CT molecular complexity index is 268. The lowest BCUT2D eigenvalue weighted by molar-refractivity contribution is -0.133. The lowest BCUT2D eigenvalue weighted by Gasteiger charge is -2.12. The highest BCUT2D eigenvalue weighted by molar-refractivity contribution is 5.87. The number of hydrogen-bond donors (Lipinski definition) is 1. The Morgan fingerprint density at radius 1 is 1.06 bits per heavy atom. The predicted molar refractivity (Wildman–Crippen MR) is 64.3 cm³/mol. The number of rotatable bonds is 4. The normalized spacial score (nSPS) is 24.1. The van der Waals surface area contributed by atoms with Gasteiger partial charge in [-0.1, -0.05) is 44.6 Å². The van der Waals surface area contributed by atoms with Crippen molar-refractivity contribution in [2.75, 3.05) is 0 Å². The summed E-state index contributed by atoms with van der Waals surface area (Å²) in [5.74, 6) is 0.430. The Hall–Kier alpha value is -0.790. The highest BCUT2D eigenvalue weighted by Gasteiger charge is 2.24. The molecule has 2 aliphatic carbocycles. The topological polar surface area (TPSA) is 37.3 Å². The van der Waals surface area contributed by atoms with Crippen molar-refractivity contribution >= 4 is 5.97 Å². The van der Waals surface area contributed by atoms with Crippen LogP contribution >= 0.6 is 0 Å². The van der Waals surface area contributed by atoms with Crippen molar-refractivity contribution in [1.82, 2.24) is 0 Å². The number of carboxylic acids is 1. The summed E-state index contributed by atoms with van der Waals surface area (Å²) < 4.78 is 0. The molecule has 2 nitrogen and oxygen atoms in total. The maximum Gasteiger partial charge on any atom is 0.331 e. The first-order valence-corrected chi connectivity index (χ1v) is 6.70. The van der Waals surface area contributed by atoms with Gasteiger partial charge in [0.2, 0.25) is 0 Å². The monoisotopic (exact) mass is 222 g/mol. The molecular formula is C14H22O2. The quantitative estimate of drug-likeness (QED) is 0.735. The molecule has 0 heterocycles. The molecule has 16 heavy (non-hydrogen) atoms. The van der Waals surface area contributed by atoms with Gasteiger partial charge in [-0.25, -0.2) is 4.79 Å². The van der Waals surface area contributed by atoms with Crippen molar-refractivity contribution < 1.29 is 9.90 Å². The standard InChI is InChI=1S/C14H22O2/c15-14(16)13(12-7-3-4-8-12)10-9-11-5-1-2-6-11/h10-12H,1-9H2,(H,15,16)/b13-10+. The van der Waals surface area contributed by atoms with Crippen molar-refractivity contribution in [3.63, 3.8) is 0 Å². The Balaban J connectivity index is 1.94. The SMILES string of the molecule is O=C(O)/C(=C/CC1CCCC1)C1CCCC1. The van der Waals surface area contributed by atoms with Crippen LogP contribution in [0.3, 0.4) is 0 Å². The zero-order valence-corrected chi connectivity index (χ0v) is 9.95. The average Bonchev–Trinajstić information content (AvgIpc) is 2.88. The lowest BCUT2D eigenvalue weighted by atomic mass is 9.94. The van der Waals surface area contributed by atoms with Crippen LogP contribution in [0.4, 0.5) is 0 Å². The molecule has 0 atom stereocenters. The average molecular weight is 222 g/mol. The molecule has 0 bridgehead atoms. The zero-order valence-electron chi connectivity index (χ0n) is 9.95. The molecule has 0 amide bonds. The summed E-state index contributed by atoms with van der Waals surface area (Å²) in [7, 11) is 0. The fourth-order valence-electron chi connectivity index (χ4n) is 3.21. The van der Waals surface area contributed by atoms with Crippen molar-refractivity contribution in [1.29, 1.82) is 0 Å². The van der Waals surface area contributed by atoms with Crippen LogP contribution in [0.5, 0.6) is 0 Å². The van der Waals surface area contributed by atoms with E-state index in [4.69, 9.17) is 0 Å². The number of carboxylic acid groups (broad SMARTS) is 1.